The Balaban J connectivity index is 1.93. The van der Waals surface area contributed by atoms with E-state index in [2.05, 4.69) is 4.98 Å². The molecule has 1 saturated heterocycles. The van der Waals surface area contributed by atoms with E-state index in [1.165, 1.54) is 0 Å². The molecule has 0 aromatic carbocycles. The number of piperidine rings is 1. The van der Waals surface area contributed by atoms with Crippen LogP contribution in [0.15, 0.2) is 18.3 Å². The second-order valence-electron chi connectivity index (χ2n) is 8.02. The first-order valence-electron chi connectivity index (χ1n) is 8.88. The van der Waals surface area contributed by atoms with Crippen LogP contribution in [0.3, 0.4) is 0 Å². The fraction of sp³-hybridized carbons (Fsp3) is 0.684. The first kappa shape index (κ1) is 19.5. The van der Waals surface area contributed by atoms with Gasteiger partial charge in [0, 0.05) is 37.5 Å². The third-order valence-corrected chi connectivity index (χ3v) is 4.02. The first-order chi connectivity index (χ1) is 11.6. The van der Waals surface area contributed by atoms with E-state index >= 15 is 0 Å². The molecule has 6 nitrogen and oxygen atoms in total. The van der Waals surface area contributed by atoms with Crippen molar-refractivity contribution in [2.24, 2.45) is 0 Å². The first-order valence-corrected chi connectivity index (χ1v) is 8.88. The van der Waals surface area contributed by atoms with Crippen LogP contribution in [-0.2, 0) is 11.2 Å². The summed E-state index contributed by atoms with van der Waals surface area (Å²) in [6.45, 7) is 10.5. The Morgan fingerprint density at radius 1 is 1.36 bits per heavy atom. The van der Waals surface area contributed by atoms with E-state index in [1.807, 2.05) is 46.8 Å². The minimum atomic E-state index is -0.859. The smallest absolute Gasteiger partial charge is 0.410 e. The summed E-state index contributed by atoms with van der Waals surface area (Å²) in [6.07, 6.45) is 2.93. The van der Waals surface area contributed by atoms with E-state index in [0.717, 1.165) is 11.4 Å². The Kier molecular flexibility index (Phi) is 5.93. The third-order valence-electron chi connectivity index (χ3n) is 4.02. The number of amides is 1. The van der Waals surface area contributed by atoms with Gasteiger partial charge in [-0.3, -0.25) is 4.98 Å². The van der Waals surface area contributed by atoms with Crippen LogP contribution in [0.2, 0.25) is 0 Å². The van der Waals surface area contributed by atoms with Gasteiger partial charge in [-0.2, -0.15) is 0 Å². The normalized spacial score (nSPS) is 17.5. The second kappa shape index (κ2) is 7.60. The van der Waals surface area contributed by atoms with Gasteiger partial charge in [0.05, 0.1) is 11.7 Å². The summed E-state index contributed by atoms with van der Waals surface area (Å²) in [5.41, 5.74) is -0.570. The fourth-order valence-corrected chi connectivity index (χ4v) is 2.84. The Hall–Kier alpha value is -1.82. The van der Waals surface area contributed by atoms with Crippen LogP contribution in [0, 0.1) is 0 Å². The maximum atomic E-state index is 12.1. The highest BCUT2D eigenvalue weighted by molar-refractivity contribution is 5.68. The molecule has 0 unspecified atom stereocenters. The lowest BCUT2D eigenvalue weighted by molar-refractivity contribution is -0.0320. The molecular weight excluding hydrogens is 320 g/mol. The van der Waals surface area contributed by atoms with Gasteiger partial charge in [-0.15, -0.1) is 0 Å². The minimum Gasteiger partial charge on any atom is -0.491 e. The molecule has 0 atom stereocenters. The average Bonchev–Trinajstić information content (AvgIpc) is 2.45. The predicted molar refractivity (Wildman–Crippen MR) is 95.7 cm³/mol. The summed E-state index contributed by atoms with van der Waals surface area (Å²) in [4.78, 5) is 18.1. The third kappa shape index (κ3) is 6.20. The summed E-state index contributed by atoms with van der Waals surface area (Å²) in [5, 5.41) is 10.9. The quantitative estimate of drug-likeness (QED) is 0.903. The summed E-state index contributed by atoms with van der Waals surface area (Å²) in [5.74, 6) is 0.759. The molecule has 2 rings (SSSR count). The number of likely N-dealkylation sites (tertiary alicyclic amines) is 1. The highest BCUT2D eigenvalue weighted by Crippen LogP contribution is 2.28. The van der Waals surface area contributed by atoms with E-state index in [4.69, 9.17) is 9.47 Å². The number of nitrogens with zero attached hydrogens (tertiary/aromatic N) is 2. The van der Waals surface area contributed by atoms with Crippen molar-refractivity contribution in [3.05, 3.63) is 24.0 Å². The molecule has 1 aromatic rings. The molecule has 140 valence electrons. The topological polar surface area (TPSA) is 71.9 Å². The van der Waals surface area contributed by atoms with Crippen LogP contribution >= 0.6 is 0 Å². The molecule has 1 amide bonds. The van der Waals surface area contributed by atoms with Crippen molar-refractivity contribution in [3.8, 4) is 5.75 Å². The number of aromatic nitrogens is 1. The fourth-order valence-electron chi connectivity index (χ4n) is 2.84. The molecule has 1 aromatic heterocycles. The van der Waals surface area contributed by atoms with Gasteiger partial charge >= 0.3 is 6.09 Å². The Bertz CT molecular complexity index is 587. The highest BCUT2D eigenvalue weighted by Gasteiger charge is 2.35. The monoisotopic (exact) mass is 350 g/mol. The lowest BCUT2D eigenvalue weighted by atomic mass is 9.87. The summed E-state index contributed by atoms with van der Waals surface area (Å²) >= 11 is 0. The van der Waals surface area contributed by atoms with Crippen molar-refractivity contribution in [3.63, 3.8) is 0 Å². The average molecular weight is 350 g/mol. The van der Waals surface area contributed by atoms with Gasteiger partial charge in [0.15, 0.2) is 0 Å². The van der Waals surface area contributed by atoms with Gasteiger partial charge in [-0.05, 0) is 53.5 Å². The molecule has 0 radical (unpaired) electrons. The van der Waals surface area contributed by atoms with Crippen molar-refractivity contribution < 1.29 is 19.4 Å². The van der Waals surface area contributed by atoms with Gasteiger partial charge in [0.2, 0.25) is 0 Å². The van der Waals surface area contributed by atoms with Gasteiger partial charge in [0.1, 0.15) is 11.4 Å². The van der Waals surface area contributed by atoms with Gasteiger partial charge in [-0.1, -0.05) is 0 Å². The predicted octanol–water partition coefficient (Wildman–Crippen LogP) is 3.17. The van der Waals surface area contributed by atoms with E-state index < -0.39 is 11.2 Å². The molecular formula is C19H30N2O4. The molecule has 2 heterocycles. The summed E-state index contributed by atoms with van der Waals surface area (Å²) in [6, 6.07) is 3.69. The zero-order chi connectivity index (χ0) is 18.7. The van der Waals surface area contributed by atoms with Crippen molar-refractivity contribution in [1.82, 2.24) is 9.88 Å². The van der Waals surface area contributed by atoms with E-state index in [0.29, 0.717) is 32.4 Å². The van der Waals surface area contributed by atoms with Crippen LogP contribution in [0.1, 0.15) is 53.2 Å². The Morgan fingerprint density at radius 2 is 2.00 bits per heavy atom. The number of ether oxygens (including phenoxy) is 2. The van der Waals surface area contributed by atoms with E-state index in [9.17, 15) is 9.90 Å². The summed E-state index contributed by atoms with van der Waals surface area (Å²) < 4.78 is 11.1. The number of rotatable bonds is 4. The maximum Gasteiger partial charge on any atom is 0.410 e. The van der Waals surface area contributed by atoms with Crippen molar-refractivity contribution in [2.45, 2.75) is 71.2 Å². The largest absolute Gasteiger partial charge is 0.491 e. The SMILES string of the molecule is CC(C)Oc1ccnc(CC2(O)CCN(C(=O)OC(C)(C)C)CC2)c1. The van der Waals surface area contributed by atoms with Gasteiger partial charge < -0.3 is 19.5 Å². The Labute approximate surface area is 150 Å². The van der Waals surface area contributed by atoms with Crippen molar-refractivity contribution >= 4 is 6.09 Å². The second-order valence-corrected chi connectivity index (χ2v) is 8.02. The molecule has 1 N–H and O–H groups in total. The Morgan fingerprint density at radius 3 is 2.56 bits per heavy atom. The van der Waals surface area contributed by atoms with Crippen molar-refractivity contribution in [2.75, 3.05) is 13.1 Å². The number of carbonyl (C=O) groups is 1. The molecule has 1 fully saturated rings. The van der Waals surface area contributed by atoms with E-state index in [-0.39, 0.29) is 12.2 Å². The molecule has 0 spiro atoms. The molecule has 0 aliphatic carbocycles. The lowest BCUT2D eigenvalue weighted by Crippen LogP contribution is -2.49. The number of carbonyl (C=O) groups excluding carboxylic acids is 1. The van der Waals surface area contributed by atoms with Crippen LogP contribution in [0.4, 0.5) is 4.79 Å². The van der Waals surface area contributed by atoms with E-state index in [1.54, 1.807) is 11.1 Å². The van der Waals surface area contributed by atoms with Crippen LogP contribution in [0.25, 0.3) is 0 Å². The lowest BCUT2D eigenvalue weighted by Gasteiger charge is -2.38. The molecule has 0 saturated carbocycles. The zero-order valence-electron chi connectivity index (χ0n) is 15.9. The highest BCUT2D eigenvalue weighted by atomic mass is 16.6. The zero-order valence-corrected chi connectivity index (χ0v) is 15.9. The van der Waals surface area contributed by atoms with Gasteiger partial charge in [0.25, 0.3) is 0 Å². The summed E-state index contributed by atoms with van der Waals surface area (Å²) in [7, 11) is 0. The number of hydrogen-bond donors (Lipinski definition) is 1. The van der Waals surface area contributed by atoms with Crippen LogP contribution in [0.5, 0.6) is 5.75 Å². The van der Waals surface area contributed by atoms with Crippen molar-refractivity contribution in [1.29, 1.82) is 0 Å². The number of aliphatic hydroxyl groups is 1. The van der Waals surface area contributed by atoms with Crippen LogP contribution < -0.4 is 4.74 Å². The van der Waals surface area contributed by atoms with Crippen LogP contribution in [-0.4, -0.2) is 51.5 Å². The molecule has 1 aliphatic rings. The molecule has 1 aliphatic heterocycles. The minimum absolute atomic E-state index is 0.0930. The maximum absolute atomic E-state index is 12.1. The number of pyridine rings is 1. The standard InChI is InChI=1S/C19H30N2O4/c1-14(2)24-16-6-9-20-15(12-16)13-19(23)7-10-21(11-8-19)17(22)25-18(3,4)5/h6,9,12,14,23H,7-8,10-11,13H2,1-5H3. The molecule has 0 bridgehead atoms. The van der Waals surface area contributed by atoms with Gasteiger partial charge in [-0.25, -0.2) is 4.79 Å². The molecule has 6 heteroatoms. The molecule has 25 heavy (non-hydrogen) atoms. The number of hydrogen-bond acceptors (Lipinski definition) is 5.